The Bertz CT molecular complexity index is 512. The van der Waals surface area contributed by atoms with Gasteiger partial charge in [-0.1, -0.05) is 35.0 Å². The van der Waals surface area contributed by atoms with Gasteiger partial charge in [0.1, 0.15) is 0 Å². The number of hydrogen-bond donors (Lipinski definition) is 1. The maximum atomic E-state index is 12.2. The van der Waals surface area contributed by atoms with Gasteiger partial charge in [-0.25, -0.2) is 8.42 Å². The first kappa shape index (κ1) is 14.0. The Kier molecular flexibility index (Phi) is 4.14. The molecule has 1 aromatic carbocycles. The van der Waals surface area contributed by atoms with Crippen molar-refractivity contribution in [3.63, 3.8) is 0 Å². The molecule has 0 saturated carbocycles. The van der Waals surface area contributed by atoms with Gasteiger partial charge in [0.15, 0.2) is 9.84 Å². The average molecular weight is 332 g/mol. The molecule has 1 aliphatic heterocycles. The van der Waals surface area contributed by atoms with E-state index >= 15 is 0 Å². The quantitative estimate of drug-likeness (QED) is 0.906. The van der Waals surface area contributed by atoms with Crippen LogP contribution in [0.15, 0.2) is 28.7 Å². The van der Waals surface area contributed by atoms with Gasteiger partial charge < -0.3 is 5.32 Å². The van der Waals surface area contributed by atoms with Crippen molar-refractivity contribution in [2.75, 3.05) is 5.75 Å². The molecule has 1 fully saturated rings. The third kappa shape index (κ3) is 2.78. The minimum absolute atomic E-state index is 0.0554. The molecule has 18 heavy (non-hydrogen) atoms. The molecule has 3 atom stereocenters. The number of sulfone groups is 1. The Hall–Kier alpha value is -0.390. The zero-order chi connectivity index (χ0) is 13.3. The minimum atomic E-state index is -3.00. The molecule has 0 radical (unpaired) electrons. The molecular weight excluding hydrogens is 314 g/mol. The van der Waals surface area contributed by atoms with Crippen molar-refractivity contribution in [2.45, 2.75) is 37.6 Å². The molecule has 2 rings (SSSR count). The van der Waals surface area contributed by atoms with Crippen LogP contribution in [-0.4, -0.2) is 25.5 Å². The van der Waals surface area contributed by atoms with Crippen LogP contribution in [0.2, 0.25) is 0 Å². The molecule has 100 valence electrons. The predicted octanol–water partition coefficient (Wildman–Crippen LogP) is 2.68. The number of rotatable bonds is 2. The summed E-state index contributed by atoms with van der Waals surface area (Å²) in [6, 6.07) is 7.80. The zero-order valence-corrected chi connectivity index (χ0v) is 13.0. The highest BCUT2D eigenvalue weighted by Crippen LogP contribution is 2.29. The molecule has 0 bridgehead atoms. The summed E-state index contributed by atoms with van der Waals surface area (Å²) < 4.78 is 25.3. The van der Waals surface area contributed by atoms with Crippen molar-refractivity contribution in [2.24, 2.45) is 0 Å². The summed E-state index contributed by atoms with van der Waals surface area (Å²) in [5.41, 5.74) is 1.03. The van der Waals surface area contributed by atoms with Crippen LogP contribution < -0.4 is 5.32 Å². The van der Waals surface area contributed by atoms with E-state index < -0.39 is 9.84 Å². The second-order valence-corrected chi connectivity index (χ2v) is 8.15. The van der Waals surface area contributed by atoms with Crippen molar-refractivity contribution < 1.29 is 8.42 Å². The van der Waals surface area contributed by atoms with Gasteiger partial charge in [0, 0.05) is 16.6 Å². The fourth-order valence-corrected chi connectivity index (χ4v) is 4.46. The van der Waals surface area contributed by atoms with Crippen LogP contribution in [-0.2, 0) is 9.84 Å². The molecule has 3 unspecified atom stereocenters. The van der Waals surface area contributed by atoms with Crippen LogP contribution in [0.25, 0.3) is 0 Å². The lowest BCUT2D eigenvalue weighted by molar-refractivity contribution is 0.404. The van der Waals surface area contributed by atoms with Gasteiger partial charge in [-0.3, -0.25) is 0 Å². The number of benzene rings is 1. The molecule has 0 spiro atoms. The summed E-state index contributed by atoms with van der Waals surface area (Å²) >= 11 is 3.39. The lowest BCUT2D eigenvalue weighted by Crippen LogP contribution is -2.51. The fraction of sp³-hybridized carbons (Fsp3) is 0.538. The second-order valence-electron chi connectivity index (χ2n) is 4.84. The molecule has 3 nitrogen and oxygen atoms in total. The smallest absolute Gasteiger partial charge is 0.156 e. The molecule has 1 aromatic rings. The largest absolute Gasteiger partial charge is 0.305 e. The predicted molar refractivity (Wildman–Crippen MR) is 77.3 cm³/mol. The zero-order valence-electron chi connectivity index (χ0n) is 10.6. The first-order valence-corrected chi connectivity index (χ1v) is 8.68. The highest BCUT2D eigenvalue weighted by Gasteiger charge is 2.38. The van der Waals surface area contributed by atoms with Gasteiger partial charge in [-0.05, 0) is 31.0 Å². The van der Waals surface area contributed by atoms with E-state index in [-0.39, 0.29) is 23.1 Å². The highest BCUT2D eigenvalue weighted by molar-refractivity contribution is 9.10. The second kappa shape index (κ2) is 5.31. The van der Waals surface area contributed by atoms with Gasteiger partial charge in [0.25, 0.3) is 0 Å². The maximum absolute atomic E-state index is 12.2. The summed E-state index contributed by atoms with van der Waals surface area (Å²) in [6.45, 7) is 3.81. The van der Waals surface area contributed by atoms with Crippen LogP contribution in [0.4, 0.5) is 0 Å². The van der Waals surface area contributed by atoms with E-state index in [1.54, 1.807) is 6.92 Å². The van der Waals surface area contributed by atoms with Gasteiger partial charge in [-0.15, -0.1) is 0 Å². The van der Waals surface area contributed by atoms with Gasteiger partial charge >= 0.3 is 0 Å². The van der Waals surface area contributed by atoms with E-state index in [2.05, 4.69) is 21.2 Å². The van der Waals surface area contributed by atoms with Gasteiger partial charge in [0.05, 0.1) is 11.0 Å². The van der Waals surface area contributed by atoms with Crippen molar-refractivity contribution in [1.29, 1.82) is 0 Å². The minimum Gasteiger partial charge on any atom is -0.305 e. The molecular formula is C13H18BrNO2S. The Labute approximate surface area is 117 Å². The summed E-state index contributed by atoms with van der Waals surface area (Å²) in [6.07, 6.45) is 0.832. The number of hydrogen-bond acceptors (Lipinski definition) is 3. The maximum Gasteiger partial charge on any atom is 0.156 e. The van der Waals surface area contributed by atoms with E-state index in [1.807, 2.05) is 31.2 Å². The van der Waals surface area contributed by atoms with Crippen molar-refractivity contribution in [1.82, 2.24) is 5.32 Å². The van der Waals surface area contributed by atoms with Crippen LogP contribution in [0.3, 0.4) is 0 Å². The molecule has 1 aliphatic rings. The standard InChI is InChI=1S/C13H18BrNO2S/c1-3-12-8-18(16,17)9(2)13(15-12)10-4-6-11(14)7-5-10/h4-7,9,12-13,15H,3,8H2,1-2H3. The summed E-state index contributed by atoms with van der Waals surface area (Å²) in [5, 5.41) is 3.08. The average Bonchev–Trinajstić information content (AvgIpc) is 2.33. The van der Waals surface area contributed by atoms with Crippen LogP contribution in [0.1, 0.15) is 31.9 Å². The SMILES string of the molecule is CCC1CS(=O)(=O)C(C)C(c2ccc(Br)cc2)N1. The van der Waals surface area contributed by atoms with Crippen molar-refractivity contribution >= 4 is 25.8 Å². The lowest BCUT2D eigenvalue weighted by atomic mass is 10.0. The molecule has 1 N–H and O–H groups in total. The first-order valence-electron chi connectivity index (χ1n) is 6.17. The molecule has 0 aliphatic carbocycles. The Morgan fingerprint density at radius 2 is 1.94 bits per heavy atom. The molecule has 1 heterocycles. The van der Waals surface area contributed by atoms with Gasteiger partial charge in [0.2, 0.25) is 0 Å². The van der Waals surface area contributed by atoms with E-state index in [9.17, 15) is 8.42 Å². The van der Waals surface area contributed by atoms with Crippen LogP contribution >= 0.6 is 15.9 Å². The van der Waals surface area contributed by atoms with E-state index in [4.69, 9.17) is 0 Å². The highest BCUT2D eigenvalue weighted by atomic mass is 79.9. The van der Waals surface area contributed by atoms with Crippen LogP contribution in [0.5, 0.6) is 0 Å². The first-order chi connectivity index (χ1) is 8.44. The molecule has 5 heteroatoms. The van der Waals surface area contributed by atoms with E-state index in [0.29, 0.717) is 0 Å². The molecule has 0 aromatic heterocycles. The van der Waals surface area contributed by atoms with E-state index in [0.717, 1.165) is 16.5 Å². The van der Waals surface area contributed by atoms with Gasteiger partial charge in [-0.2, -0.15) is 0 Å². The Balaban J connectivity index is 2.33. The Morgan fingerprint density at radius 3 is 2.50 bits per heavy atom. The summed E-state index contributed by atoms with van der Waals surface area (Å²) in [7, 11) is -3.00. The molecule has 1 saturated heterocycles. The lowest BCUT2D eigenvalue weighted by Gasteiger charge is -2.35. The molecule has 0 amide bonds. The Morgan fingerprint density at radius 1 is 1.33 bits per heavy atom. The number of nitrogens with one attached hydrogen (secondary N) is 1. The van der Waals surface area contributed by atoms with Crippen molar-refractivity contribution in [3.05, 3.63) is 34.3 Å². The normalized spacial score (nSPS) is 31.2. The third-order valence-electron chi connectivity index (χ3n) is 3.61. The number of halogens is 1. The van der Waals surface area contributed by atoms with E-state index in [1.165, 1.54) is 0 Å². The third-order valence-corrected chi connectivity index (χ3v) is 6.41. The summed E-state index contributed by atoms with van der Waals surface area (Å²) in [4.78, 5) is 0. The topological polar surface area (TPSA) is 46.2 Å². The fourth-order valence-electron chi connectivity index (χ4n) is 2.35. The summed E-state index contributed by atoms with van der Waals surface area (Å²) in [5.74, 6) is 0.248. The van der Waals surface area contributed by atoms with Crippen molar-refractivity contribution in [3.8, 4) is 0 Å². The van der Waals surface area contributed by atoms with Crippen LogP contribution in [0, 0.1) is 0 Å². The monoisotopic (exact) mass is 331 g/mol.